The van der Waals surface area contributed by atoms with Crippen molar-refractivity contribution in [2.24, 2.45) is 16.6 Å². The molecule has 0 bridgehead atoms. The van der Waals surface area contributed by atoms with E-state index in [0.717, 1.165) is 0 Å². The Balaban J connectivity index is 1.91. The normalized spacial score (nSPS) is 24.7. The SMILES string of the molecule is C#C[C@H](C)Oc1cnc(C(=O)Nc2ccc(F)c([C@@]3(C)N=C(N)S[C@](C)(COC)C3C)c2)c(C)c1. The van der Waals surface area contributed by atoms with Gasteiger partial charge in [-0.05, 0) is 57.5 Å². The van der Waals surface area contributed by atoms with Gasteiger partial charge in [-0.2, -0.15) is 0 Å². The number of terminal acetylenes is 1. The quantitative estimate of drug-likeness (QED) is 0.546. The van der Waals surface area contributed by atoms with Crippen LogP contribution in [0.2, 0.25) is 0 Å². The maximum Gasteiger partial charge on any atom is 0.274 e. The number of carbonyl (C=O) groups excluding carboxylic acids is 1. The molecule has 0 fully saturated rings. The van der Waals surface area contributed by atoms with Crippen LogP contribution in [0.25, 0.3) is 0 Å². The fourth-order valence-corrected chi connectivity index (χ4v) is 5.57. The molecule has 0 aliphatic carbocycles. The van der Waals surface area contributed by atoms with Crippen molar-refractivity contribution in [3.8, 4) is 18.1 Å². The van der Waals surface area contributed by atoms with Crippen molar-refractivity contribution in [2.45, 2.75) is 51.0 Å². The molecule has 3 N–H and O–H groups in total. The molecule has 186 valence electrons. The van der Waals surface area contributed by atoms with E-state index in [0.29, 0.717) is 34.3 Å². The highest BCUT2D eigenvalue weighted by Crippen LogP contribution is 2.50. The summed E-state index contributed by atoms with van der Waals surface area (Å²) in [5.41, 5.74) is 6.79. The van der Waals surface area contributed by atoms with Gasteiger partial charge in [-0.25, -0.2) is 9.37 Å². The molecular formula is C26H31FN4O3S. The zero-order valence-electron chi connectivity index (χ0n) is 20.8. The van der Waals surface area contributed by atoms with E-state index in [1.807, 2.05) is 20.8 Å². The number of thioether (sulfide) groups is 1. The highest BCUT2D eigenvalue weighted by Gasteiger charge is 2.50. The first-order valence-electron chi connectivity index (χ1n) is 11.2. The molecule has 0 radical (unpaired) electrons. The number of benzene rings is 1. The molecule has 4 atom stereocenters. The van der Waals surface area contributed by atoms with Crippen LogP contribution in [0, 0.1) is 31.0 Å². The number of nitrogens with one attached hydrogen (secondary N) is 1. The highest BCUT2D eigenvalue weighted by atomic mass is 32.2. The van der Waals surface area contributed by atoms with Crippen LogP contribution in [0.5, 0.6) is 5.75 Å². The molecular weight excluding hydrogens is 467 g/mol. The fraction of sp³-hybridized carbons (Fsp3) is 0.423. The summed E-state index contributed by atoms with van der Waals surface area (Å²) >= 11 is 1.43. The minimum Gasteiger partial charge on any atom is -0.476 e. The third-order valence-electron chi connectivity index (χ3n) is 6.46. The molecule has 2 aromatic rings. The summed E-state index contributed by atoms with van der Waals surface area (Å²) in [6.07, 6.45) is 6.37. The number of nitrogens with zero attached hydrogens (tertiary/aromatic N) is 2. The molecule has 0 spiro atoms. The number of aliphatic imine (C=N–C) groups is 1. The van der Waals surface area contributed by atoms with Gasteiger partial charge in [0.05, 0.1) is 18.3 Å². The summed E-state index contributed by atoms with van der Waals surface area (Å²) < 4.78 is 25.7. The summed E-state index contributed by atoms with van der Waals surface area (Å²) in [5, 5.41) is 3.18. The van der Waals surface area contributed by atoms with Crippen LogP contribution in [0.4, 0.5) is 10.1 Å². The molecule has 2 heterocycles. The molecule has 1 amide bonds. The Morgan fingerprint density at radius 3 is 2.74 bits per heavy atom. The highest BCUT2D eigenvalue weighted by molar-refractivity contribution is 8.15. The van der Waals surface area contributed by atoms with Gasteiger partial charge in [0, 0.05) is 29.0 Å². The van der Waals surface area contributed by atoms with E-state index < -0.39 is 28.1 Å². The van der Waals surface area contributed by atoms with Crippen molar-refractivity contribution in [1.82, 2.24) is 4.98 Å². The number of aryl methyl sites for hydroxylation is 1. The van der Waals surface area contributed by atoms with E-state index in [1.165, 1.54) is 30.1 Å². The molecule has 1 aliphatic heterocycles. The second-order valence-electron chi connectivity index (χ2n) is 9.08. The van der Waals surface area contributed by atoms with Crippen molar-refractivity contribution in [3.05, 3.63) is 53.1 Å². The second-order valence-corrected chi connectivity index (χ2v) is 10.6. The number of pyridine rings is 1. The Hall–Kier alpha value is -3.09. The number of amidine groups is 1. The Morgan fingerprint density at radius 1 is 1.40 bits per heavy atom. The molecule has 3 rings (SSSR count). The first-order valence-corrected chi connectivity index (χ1v) is 12.0. The minimum absolute atomic E-state index is 0.130. The van der Waals surface area contributed by atoms with Crippen LogP contribution in [-0.4, -0.2) is 40.6 Å². The molecule has 9 heteroatoms. The number of hydrogen-bond acceptors (Lipinski definition) is 7. The lowest BCUT2D eigenvalue weighted by atomic mass is 9.74. The van der Waals surface area contributed by atoms with Crippen LogP contribution >= 0.6 is 11.8 Å². The number of hydrogen-bond donors (Lipinski definition) is 2. The van der Waals surface area contributed by atoms with Gasteiger partial charge in [-0.15, -0.1) is 6.42 Å². The van der Waals surface area contributed by atoms with Gasteiger partial charge in [0.15, 0.2) is 11.3 Å². The first kappa shape index (κ1) is 26.5. The van der Waals surface area contributed by atoms with E-state index in [2.05, 4.69) is 21.2 Å². The summed E-state index contributed by atoms with van der Waals surface area (Å²) in [4.78, 5) is 21.9. The van der Waals surface area contributed by atoms with Gasteiger partial charge in [0.2, 0.25) is 0 Å². The van der Waals surface area contributed by atoms with Crippen LogP contribution in [-0.2, 0) is 10.3 Å². The summed E-state index contributed by atoms with van der Waals surface area (Å²) in [5.74, 6) is 1.96. The number of nitrogens with two attached hydrogens (primary N) is 1. The molecule has 1 aromatic carbocycles. The lowest BCUT2D eigenvalue weighted by Crippen LogP contribution is -2.50. The van der Waals surface area contributed by atoms with Crippen molar-refractivity contribution < 1.29 is 18.7 Å². The number of ether oxygens (including phenoxy) is 2. The average molecular weight is 499 g/mol. The van der Waals surface area contributed by atoms with E-state index in [4.69, 9.17) is 21.6 Å². The number of halogens is 1. The number of amides is 1. The topological polar surface area (TPSA) is 98.8 Å². The lowest BCUT2D eigenvalue weighted by Gasteiger charge is -2.47. The molecule has 1 unspecified atom stereocenters. The van der Waals surface area contributed by atoms with Gasteiger partial charge in [0.1, 0.15) is 17.3 Å². The maximum absolute atomic E-state index is 15.1. The third kappa shape index (κ3) is 5.44. The van der Waals surface area contributed by atoms with Crippen molar-refractivity contribution in [1.29, 1.82) is 0 Å². The smallest absolute Gasteiger partial charge is 0.274 e. The van der Waals surface area contributed by atoms with Gasteiger partial charge < -0.3 is 20.5 Å². The second kappa shape index (κ2) is 10.3. The summed E-state index contributed by atoms with van der Waals surface area (Å²) in [6.45, 7) is 9.80. The zero-order chi connectivity index (χ0) is 26.0. The van der Waals surface area contributed by atoms with Crippen LogP contribution in [0.1, 0.15) is 49.3 Å². The average Bonchev–Trinajstić information content (AvgIpc) is 2.78. The van der Waals surface area contributed by atoms with E-state index in [-0.39, 0.29) is 11.6 Å². The van der Waals surface area contributed by atoms with Crippen molar-refractivity contribution in [2.75, 3.05) is 19.0 Å². The molecule has 1 aliphatic rings. The number of methoxy groups -OCH3 is 1. The number of anilines is 1. The predicted octanol–water partition coefficient (Wildman–Crippen LogP) is 4.50. The van der Waals surface area contributed by atoms with Crippen LogP contribution in [0.3, 0.4) is 0 Å². The number of rotatable bonds is 7. The zero-order valence-corrected chi connectivity index (χ0v) is 21.6. The minimum atomic E-state index is -0.964. The molecule has 7 nitrogen and oxygen atoms in total. The summed E-state index contributed by atoms with van der Waals surface area (Å²) in [6, 6.07) is 6.13. The van der Waals surface area contributed by atoms with Crippen LogP contribution < -0.4 is 15.8 Å². The van der Waals surface area contributed by atoms with Gasteiger partial charge in [-0.1, -0.05) is 24.6 Å². The largest absolute Gasteiger partial charge is 0.476 e. The van der Waals surface area contributed by atoms with E-state index >= 15 is 4.39 Å². The Morgan fingerprint density at radius 2 is 2.11 bits per heavy atom. The molecule has 35 heavy (non-hydrogen) atoms. The van der Waals surface area contributed by atoms with Gasteiger partial charge >= 0.3 is 0 Å². The predicted molar refractivity (Wildman–Crippen MR) is 138 cm³/mol. The monoisotopic (exact) mass is 498 g/mol. The maximum atomic E-state index is 15.1. The number of aromatic nitrogens is 1. The van der Waals surface area contributed by atoms with Crippen LogP contribution in [0.15, 0.2) is 35.5 Å². The van der Waals surface area contributed by atoms with Gasteiger partial charge in [0.25, 0.3) is 5.91 Å². The standard InChI is InChI=1S/C26H31FN4O3S/c1-8-16(3)34-19-11-15(2)22(29-13-19)23(32)30-18-9-10-21(27)20(12-18)26(6)17(4)25(5,14-33-7)35-24(28)31-26/h1,9-13,16-17H,14H2,2-7H3,(H2,28,31)(H,30,32)/t16-,17?,25+,26-/m0/s1. The van der Waals surface area contributed by atoms with E-state index in [9.17, 15) is 4.79 Å². The Bertz CT molecular complexity index is 1200. The van der Waals surface area contributed by atoms with Crippen molar-refractivity contribution in [3.63, 3.8) is 0 Å². The Labute approximate surface area is 210 Å². The summed E-state index contributed by atoms with van der Waals surface area (Å²) in [7, 11) is 1.62. The molecule has 0 saturated carbocycles. The fourth-order valence-electron chi connectivity index (χ4n) is 4.28. The Kier molecular flexibility index (Phi) is 7.77. The van der Waals surface area contributed by atoms with Crippen molar-refractivity contribution >= 4 is 28.5 Å². The third-order valence-corrected chi connectivity index (χ3v) is 7.69. The van der Waals surface area contributed by atoms with Gasteiger partial charge in [-0.3, -0.25) is 9.79 Å². The van der Waals surface area contributed by atoms with E-state index in [1.54, 1.807) is 33.1 Å². The molecule has 0 saturated heterocycles. The molecule has 1 aromatic heterocycles. The first-order chi connectivity index (χ1) is 16.4. The lowest BCUT2D eigenvalue weighted by molar-refractivity contribution is 0.102. The number of carbonyl (C=O) groups is 1.